The number of aromatic nitrogens is 3. The fraction of sp³-hybridized carbons (Fsp3) is 0.200. The zero-order valence-electron chi connectivity index (χ0n) is 16.7. The summed E-state index contributed by atoms with van der Waals surface area (Å²) in [7, 11) is 1.47. The van der Waals surface area contributed by atoms with Gasteiger partial charge in [-0.2, -0.15) is 0 Å². The van der Waals surface area contributed by atoms with Crippen LogP contribution in [0, 0.1) is 0 Å². The SMILES string of the molecule is COc1ccccc1-n1c(=O)c2sc(SC)nc2n(CC(=O)NCc2cccs2)c1=O. The van der Waals surface area contributed by atoms with E-state index in [1.807, 2.05) is 23.8 Å². The average molecular weight is 475 g/mol. The molecule has 4 rings (SSSR count). The van der Waals surface area contributed by atoms with Crippen LogP contribution < -0.4 is 21.3 Å². The lowest BCUT2D eigenvalue weighted by molar-refractivity contribution is -0.121. The Labute approximate surface area is 189 Å². The summed E-state index contributed by atoms with van der Waals surface area (Å²) >= 11 is 4.10. The lowest BCUT2D eigenvalue weighted by atomic mass is 10.3. The minimum atomic E-state index is -0.647. The molecule has 11 heteroatoms. The second-order valence-electron chi connectivity index (χ2n) is 6.37. The van der Waals surface area contributed by atoms with E-state index >= 15 is 0 Å². The summed E-state index contributed by atoms with van der Waals surface area (Å²) in [6, 6.07) is 10.6. The molecule has 0 spiro atoms. The van der Waals surface area contributed by atoms with Crippen molar-refractivity contribution in [2.24, 2.45) is 0 Å². The summed E-state index contributed by atoms with van der Waals surface area (Å²) in [5.41, 5.74) is -0.612. The van der Waals surface area contributed by atoms with Crippen molar-refractivity contribution >= 4 is 50.7 Å². The Morgan fingerprint density at radius 3 is 2.74 bits per heavy atom. The Morgan fingerprint density at radius 1 is 1.23 bits per heavy atom. The maximum absolute atomic E-state index is 13.4. The number of carbonyl (C=O) groups is 1. The van der Waals surface area contributed by atoms with Crippen LogP contribution >= 0.6 is 34.4 Å². The first kappa shape index (κ1) is 21.3. The van der Waals surface area contributed by atoms with Crippen molar-refractivity contribution in [3.8, 4) is 11.4 Å². The van der Waals surface area contributed by atoms with Crippen molar-refractivity contribution in [2.75, 3.05) is 13.4 Å². The van der Waals surface area contributed by atoms with Crippen LogP contribution in [0.5, 0.6) is 5.75 Å². The fourth-order valence-corrected chi connectivity index (χ4v) is 5.21. The number of carbonyl (C=O) groups excluding carboxylic acids is 1. The largest absolute Gasteiger partial charge is 0.495 e. The van der Waals surface area contributed by atoms with Gasteiger partial charge in [-0.25, -0.2) is 14.3 Å². The number of amides is 1. The van der Waals surface area contributed by atoms with Crippen molar-refractivity contribution in [2.45, 2.75) is 17.4 Å². The molecule has 0 saturated heterocycles. The van der Waals surface area contributed by atoms with Gasteiger partial charge >= 0.3 is 5.69 Å². The highest BCUT2D eigenvalue weighted by Crippen LogP contribution is 2.26. The first-order valence-corrected chi connectivity index (χ1v) is 12.1. The first-order chi connectivity index (χ1) is 15.0. The molecule has 0 aliphatic rings. The van der Waals surface area contributed by atoms with E-state index in [1.165, 1.54) is 46.1 Å². The van der Waals surface area contributed by atoms with Crippen LogP contribution in [-0.2, 0) is 17.9 Å². The molecule has 0 saturated carbocycles. The van der Waals surface area contributed by atoms with Crippen LogP contribution in [-0.4, -0.2) is 33.4 Å². The quantitative estimate of drug-likeness (QED) is 0.414. The molecule has 3 aromatic heterocycles. The molecule has 0 atom stereocenters. The molecule has 1 aromatic carbocycles. The third-order valence-electron chi connectivity index (χ3n) is 4.51. The Morgan fingerprint density at radius 2 is 2.03 bits per heavy atom. The van der Waals surface area contributed by atoms with Crippen LogP contribution in [0.1, 0.15) is 4.88 Å². The number of rotatable bonds is 7. The number of nitrogens with zero attached hydrogens (tertiary/aromatic N) is 3. The van der Waals surface area contributed by atoms with Crippen LogP contribution in [0.2, 0.25) is 0 Å². The van der Waals surface area contributed by atoms with E-state index in [-0.39, 0.29) is 18.1 Å². The van der Waals surface area contributed by atoms with E-state index in [4.69, 9.17) is 4.74 Å². The Bertz CT molecular complexity index is 1360. The number of thiophene rings is 1. The number of ether oxygens (including phenoxy) is 1. The number of hydrogen-bond acceptors (Lipinski definition) is 8. The standard InChI is InChI=1S/C20H18N4O4S3/c1-28-14-8-4-3-7-13(14)24-18(26)16-17(22-19(29-2)31-16)23(20(24)27)11-15(25)21-10-12-6-5-9-30-12/h3-9H,10-11H2,1-2H3,(H,21,25). The lowest BCUT2D eigenvalue weighted by Crippen LogP contribution is -2.41. The van der Waals surface area contributed by atoms with Crippen molar-refractivity contribution in [1.29, 1.82) is 0 Å². The van der Waals surface area contributed by atoms with Crippen molar-refractivity contribution in [3.05, 3.63) is 67.5 Å². The minimum Gasteiger partial charge on any atom is -0.495 e. The molecule has 0 radical (unpaired) electrons. The van der Waals surface area contributed by atoms with Crippen LogP contribution in [0.15, 0.2) is 55.7 Å². The second-order valence-corrected chi connectivity index (χ2v) is 9.46. The highest BCUT2D eigenvalue weighted by atomic mass is 32.2. The van der Waals surface area contributed by atoms with Gasteiger partial charge in [0.1, 0.15) is 17.0 Å². The van der Waals surface area contributed by atoms with Gasteiger partial charge in [-0.15, -0.1) is 22.7 Å². The van der Waals surface area contributed by atoms with E-state index in [0.29, 0.717) is 27.0 Å². The zero-order chi connectivity index (χ0) is 22.0. The molecule has 0 fully saturated rings. The van der Waals surface area contributed by atoms with Crippen LogP contribution in [0.3, 0.4) is 0 Å². The van der Waals surface area contributed by atoms with E-state index in [0.717, 1.165) is 9.44 Å². The number of para-hydroxylation sites is 2. The first-order valence-electron chi connectivity index (χ1n) is 9.16. The molecule has 4 aromatic rings. The van der Waals surface area contributed by atoms with E-state index in [9.17, 15) is 14.4 Å². The van der Waals surface area contributed by atoms with E-state index in [1.54, 1.807) is 24.3 Å². The number of methoxy groups -OCH3 is 1. The third-order valence-corrected chi connectivity index (χ3v) is 7.40. The summed E-state index contributed by atoms with van der Waals surface area (Å²) < 4.78 is 8.57. The van der Waals surface area contributed by atoms with Gasteiger partial charge in [0.2, 0.25) is 5.91 Å². The number of benzene rings is 1. The number of nitrogens with one attached hydrogen (secondary N) is 1. The number of thioether (sulfide) groups is 1. The molecule has 0 aliphatic carbocycles. The second kappa shape index (κ2) is 9.08. The summed E-state index contributed by atoms with van der Waals surface area (Å²) in [5, 5.41) is 4.74. The number of hydrogen-bond donors (Lipinski definition) is 1. The molecule has 3 heterocycles. The molecule has 8 nitrogen and oxygen atoms in total. The lowest BCUT2D eigenvalue weighted by Gasteiger charge is -2.13. The van der Waals surface area contributed by atoms with Gasteiger partial charge in [0.15, 0.2) is 9.99 Å². The van der Waals surface area contributed by atoms with Crippen LogP contribution in [0.4, 0.5) is 0 Å². The smallest absolute Gasteiger partial charge is 0.337 e. The maximum Gasteiger partial charge on any atom is 0.337 e. The Hall–Kier alpha value is -2.89. The highest BCUT2D eigenvalue weighted by molar-refractivity contribution is 8.00. The van der Waals surface area contributed by atoms with Gasteiger partial charge in [-0.3, -0.25) is 14.2 Å². The number of fused-ring (bicyclic) bond motifs is 1. The summed E-state index contributed by atoms with van der Waals surface area (Å²) in [5.74, 6) is 0.0325. The molecular formula is C20H18N4O4S3. The van der Waals surface area contributed by atoms with Gasteiger partial charge in [-0.1, -0.05) is 30.0 Å². The molecule has 0 aliphatic heterocycles. The van der Waals surface area contributed by atoms with Gasteiger partial charge in [0.05, 0.1) is 19.3 Å². The fourth-order valence-electron chi connectivity index (χ4n) is 3.07. The Kier molecular flexibility index (Phi) is 6.25. The molecule has 31 heavy (non-hydrogen) atoms. The summed E-state index contributed by atoms with van der Waals surface area (Å²) in [4.78, 5) is 44.7. The predicted molar refractivity (Wildman–Crippen MR) is 124 cm³/mol. The van der Waals surface area contributed by atoms with Crippen LogP contribution in [0.25, 0.3) is 16.0 Å². The molecule has 160 valence electrons. The molecule has 1 N–H and O–H groups in total. The van der Waals surface area contributed by atoms with Gasteiger partial charge in [0, 0.05) is 4.88 Å². The third kappa shape index (κ3) is 4.16. The topological polar surface area (TPSA) is 95.2 Å². The van der Waals surface area contributed by atoms with Gasteiger partial charge in [-0.05, 0) is 29.8 Å². The van der Waals surface area contributed by atoms with Crippen molar-refractivity contribution < 1.29 is 9.53 Å². The number of thiazole rings is 1. The van der Waals surface area contributed by atoms with Crippen molar-refractivity contribution in [3.63, 3.8) is 0 Å². The normalized spacial score (nSPS) is 11.0. The maximum atomic E-state index is 13.4. The molecule has 0 bridgehead atoms. The monoisotopic (exact) mass is 474 g/mol. The van der Waals surface area contributed by atoms with E-state index in [2.05, 4.69) is 10.3 Å². The zero-order valence-corrected chi connectivity index (χ0v) is 19.1. The molecule has 1 amide bonds. The van der Waals surface area contributed by atoms with Gasteiger partial charge < -0.3 is 10.1 Å². The van der Waals surface area contributed by atoms with Gasteiger partial charge in [0.25, 0.3) is 5.56 Å². The summed E-state index contributed by atoms with van der Waals surface area (Å²) in [6.07, 6.45) is 1.84. The molecule has 0 unspecified atom stereocenters. The highest BCUT2D eigenvalue weighted by Gasteiger charge is 2.21. The van der Waals surface area contributed by atoms with E-state index < -0.39 is 11.2 Å². The predicted octanol–water partition coefficient (Wildman–Crippen LogP) is 2.72. The Balaban J connectivity index is 1.83. The summed E-state index contributed by atoms with van der Waals surface area (Å²) in [6.45, 7) is 0.112. The van der Waals surface area contributed by atoms with Crippen molar-refractivity contribution in [1.82, 2.24) is 19.4 Å². The molecular weight excluding hydrogens is 456 g/mol. The average Bonchev–Trinajstić information content (AvgIpc) is 3.45. The minimum absolute atomic E-state index is 0.210.